The highest BCUT2D eigenvalue weighted by atomic mass is 31.2. The molecule has 0 aromatic carbocycles. The molecular formula is C76H136NO19P. The maximum absolute atomic E-state index is 14.7. The Morgan fingerprint density at radius 3 is 1.56 bits per heavy atom. The molecule has 0 unspecified atom stereocenters. The Balaban J connectivity index is 2.65. The third-order valence-electron chi connectivity index (χ3n) is 17.7. The largest absolute Gasteiger partial charge is 0.509 e. The number of methoxy groups -OCH3 is 2. The highest BCUT2D eigenvalue weighted by Crippen LogP contribution is 2.53. The molecule has 2 N–H and O–H groups in total. The van der Waals surface area contributed by atoms with Gasteiger partial charge in [0.2, 0.25) is 5.91 Å². The average Bonchev–Trinajstić information content (AvgIpc) is 0.787. The van der Waals surface area contributed by atoms with E-state index in [0.29, 0.717) is 25.7 Å². The first-order valence-electron chi connectivity index (χ1n) is 38.0. The lowest BCUT2D eigenvalue weighted by molar-refractivity contribution is -0.325. The number of allylic oxidation sites excluding steroid dienone is 2. The zero-order valence-corrected chi connectivity index (χ0v) is 62.2. The number of phosphoric acid groups is 1. The molecule has 0 radical (unpaired) electrons. The first kappa shape index (κ1) is 89.7. The number of carbonyl (C=O) groups excluding carboxylic acids is 4. The van der Waals surface area contributed by atoms with Crippen molar-refractivity contribution in [3.63, 3.8) is 0 Å². The van der Waals surface area contributed by atoms with Crippen LogP contribution in [-0.2, 0) is 79.9 Å². The third kappa shape index (κ3) is 42.6. The molecule has 564 valence electrons. The maximum atomic E-state index is 14.7. The predicted molar refractivity (Wildman–Crippen MR) is 382 cm³/mol. The minimum atomic E-state index is -4.51. The number of esters is 1. The van der Waals surface area contributed by atoms with Gasteiger partial charge in [0.25, 0.3) is 0 Å². The molecule has 2 saturated heterocycles. The molecule has 97 heavy (non-hydrogen) atoms. The zero-order chi connectivity index (χ0) is 70.8. The molecule has 2 rings (SSSR count). The number of amides is 1. The topological polar surface area (TPSA) is 238 Å². The third-order valence-corrected chi connectivity index (χ3v) is 19.1. The number of ether oxygens (including phenoxy) is 10. The average molecular weight is 1400 g/mol. The minimum Gasteiger partial charge on any atom is -0.454 e. The molecule has 0 aliphatic carbocycles. The van der Waals surface area contributed by atoms with Gasteiger partial charge in [0.15, 0.2) is 24.8 Å². The van der Waals surface area contributed by atoms with Crippen LogP contribution in [0.5, 0.6) is 0 Å². The quantitative estimate of drug-likeness (QED) is 0.0189. The highest BCUT2D eigenvalue weighted by Gasteiger charge is 2.55. The number of phosphoric ester groups is 1. The van der Waals surface area contributed by atoms with E-state index in [0.717, 1.165) is 154 Å². The van der Waals surface area contributed by atoms with Crippen molar-refractivity contribution in [3.8, 4) is 0 Å². The Morgan fingerprint density at radius 2 is 1.01 bits per heavy atom. The van der Waals surface area contributed by atoms with E-state index in [4.69, 9.17) is 60.9 Å². The second-order valence-electron chi connectivity index (χ2n) is 26.2. The van der Waals surface area contributed by atoms with Gasteiger partial charge in [-0.05, 0) is 57.8 Å². The van der Waals surface area contributed by atoms with Crippen molar-refractivity contribution in [3.05, 3.63) is 50.1 Å². The molecule has 0 aromatic heterocycles. The molecule has 2 aliphatic heterocycles. The van der Waals surface area contributed by atoms with Crippen LogP contribution in [0.25, 0.3) is 0 Å². The van der Waals surface area contributed by atoms with Gasteiger partial charge in [-0.2, -0.15) is 0 Å². The summed E-state index contributed by atoms with van der Waals surface area (Å²) in [4.78, 5) is 55.3. The predicted octanol–water partition coefficient (Wildman–Crippen LogP) is 17.7. The van der Waals surface area contributed by atoms with E-state index in [9.17, 15) is 28.8 Å². The van der Waals surface area contributed by atoms with E-state index < -0.39 is 100 Å². The Labute approximate surface area is 586 Å². The number of Topliss-reactive ketones (excluding diaryl/α,β-unsaturated/α-hetero) is 1. The molecule has 2 aliphatic rings. The first-order valence-corrected chi connectivity index (χ1v) is 39.5. The van der Waals surface area contributed by atoms with E-state index in [-0.39, 0.29) is 64.4 Å². The maximum Gasteiger partial charge on any atom is 0.509 e. The number of hydrogen-bond acceptors (Lipinski definition) is 19. The van der Waals surface area contributed by atoms with Gasteiger partial charge in [0.1, 0.15) is 49.0 Å². The van der Waals surface area contributed by atoms with Crippen LogP contribution in [0, 0.1) is 0 Å². The van der Waals surface area contributed by atoms with Crippen LogP contribution in [0.3, 0.4) is 0 Å². The van der Waals surface area contributed by atoms with E-state index in [2.05, 4.69) is 64.9 Å². The number of carbonyl (C=O) groups is 4. The molecule has 0 saturated carbocycles. The number of unbranched alkanes of at least 4 members (excludes halogenated alkanes) is 30. The summed E-state index contributed by atoms with van der Waals surface area (Å²) >= 11 is 0. The number of aliphatic hydroxyl groups excluding tert-OH is 1. The van der Waals surface area contributed by atoms with Crippen molar-refractivity contribution in [2.45, 2.75) is 352 Å². The fourth-order valence-corrected chi connectivity index (χ4v) is 13.5. The van der Waals surface area contributed by atoms with Gasteiger partial charge in [-0.1, -0.05) is 244 Å². The van der Waals surface area contributed by atoms with Crippen LogP contribution < -0.4 is 5.32 Å². The molecule has 11 atom stereocenters. The Morgan fingerprint density at radius 1 is 0.515 bits per heavy atom. The van der Waals surface area contributed by atoms with Gasteiger partial charge < -0.3 is 57.8 Å². The molecule has 0 bridgehead atoms. The summed E-state index contributed by atoms with van der Waals surface area (Å²) in [5.41, 5.74) is 0. The molecular weight excluding hydrogens is 1260 g/mol. The van der Waals surface area contributed by atoms with Crippen molar-refractivity contribution >= 4 is 31.6 Å². The summed E-state index contributed by atoms with van der Waals surface area (Å²) < 4.78 is 95.2. The molecule has 0 spiro atoms. The Bertz CT molecular complexity index is 2070. The minimum absolute atomic E-state index is 0.0374. The fraction of sp³-hybridized carbons (Fsp3) is 0.842. The van der Waals surface area contributed by atoms with E-state index in [1.807, 2.05) is 0 Å². The van der Waals surface area contributed by atoms with Crippen molar-refractivity contribution in [2.24, 2.45) is 0 Å². The molecule has 1 amide bonds. The Kier molecular flexibility index (Phi) is 55.7. The molecule has 20 nitrogen and oxygen atoms in total. The van der Waals surface area contributed by atoms with Gasteiger partial charge in [0, 0.05) is 40.3 Å². The molecule has 2 heterocycles. The van der Waals surface area contributed by atoms with Crippen molar-refractivity contribution in [1.29, 1.82) is 0 Å². The highest BCUT2D eigenvalue weighted by molar-refractivity contribution is 7.48. The second kappa shape index (κ2) is 60.2. The van der Waals surface area contributed by atoms with E-state index in [1.54, 1.807) is 7.11 Å². The van der Waals surface area contributed by atoms with Crippen LogP contribution in [0.1, 0.15) is 285 Å². The van der Waals surface area contributed by atoms with Crippen LogP contribution in [0.15, 0.2) is 50.1 Å². The number of ketones is 1. The van der Waals surface area contributed by atoms with Crippen LogP contribution >= 0.6 is 7.82 Å². The zero-order valence-electron chi connectivity index (χ0n) is 61.3. The van der Waals surface area contributed by atoms with Gasteiger partial charge in [-0.25, -0.2) is 9.36 Å². The summed E-state index contributed by atoms with van der Waals surface area (Å²) in [7, 11) is -1.41. The van der Waals surface area contributed by atoms with Gasteiger partial charge in [-0.3, -0.25) is 28.0 Å². The van der Waals surface area contributed by atoms with Crippen LogP contribution in [0.2, 0.25) is 0 Å². The summed E-state index contributed by atoms with van der Waals surface area (Å²) in [5.74, 6) is -1.50. The van der Waals surface area contributed by atoms with Crippen LogP contribution in [-0.4, -0.2) is 157 Å². The summed E-state index contributed by atoms with van der Waals surface area (Å²) in [5, 5.41) is 14.9. The summed E-state index contributed by atoms with van der Waals surface area (Å²) in [6, 6.07) is -1.34. The van der Waals surface area contributed by atoms with E-state index >= 15 is 0 Å². The summed E-state index contributed by atoms with van der Waals surface area (Å²) in [6.45, 7) is 18.7. The molecule has 0 aromatic rings. The normalized spacial score (nSPS) is 21.5. The Hall–Kier alpha value is -3.37. The first-order chi connectivity index (χ1) is 47.3. The van der Waals surface area contributed by atoms with Gasteiger partial charge in [0.05, 0.1) is 39.0 Å². The SMILES string of the molecule is C=CCOC(=O)O[C@H]1[C@H](OCCCCCCCCCC)[C@@H](NC(=O)CC(=O)CCCCCCCCCCC)[C@@H](O)O[C@@H]1CO[C@@H]1O[C@H](COC)[C@@H](OP(=O)(OCC=C)OCC=C)[C@H](OCC[C@@H](CCCCCCC)OC)[C@H]1OC(=O)CCCCCCCCCC=CCCCCCC. The molecule has 2 fully saturated rings. The summed E-state index contributed by atoms with van der Waals surface area (Å²) in [6.07, 6.45) is 32.8. The monoisotopic (exact) mass is 1400 g/mol. The van der Waals surface area contributed by atoms with Gasteiger partial charge in [-0.15, -0.1) is 13.2 Å². The van der Waals surface area contributed by atoms with Crippen molar-refractivity contribution < 1.29 is 89.8 Å². The van der Waals surface area contributed by atoms with E-state index in [1.165, 1.54) is 83.1 Å². The molecule has 21 heteroatoms. The van der Waals surface area contributed by atoms with Crippen molar-refractivity contribution in [1.82, 2.24) is 5.32 Å². The second-order valence-corrected chi connectivity index (χ2v) is 27.8. The standard InChI is InChI=1S/C76H136NO19P/c1-10-17-21-25-28-31-32-33-34-35-36-38-40-44-48-52-67(80)94-73-72(87-58-53-63(85-9)51-47-42-24-20-13-4)70(96-97(83,90-55-15-6)91-56-16-7)64(60-84-8)93-75(73)89-61-65-69(95-76(82)88-54-14-5)71(86-57-49-45-41-30-27-23-19-12-3)68(74(81)92-65)77-66(79)59-62(78)50-46-43-39-37-29-26-22-18-11-2/h14-16,31-32,63-65,68-75,81H,5-7,10-13,17-30,33-61H2,1-4,8-9H3,(H,77,79)/t63-,64-,65-,68-,69-,70-,71-,72+,73-,74+,75-/m1/s1. The lowest BCUT2D eigenvalue weighted by atomic mass is 9.95. The number of rotatable bonds is 66. The lowest BCUT2D eigenvalue weighted by Crippen LogP contribution is -2.66. The number of aliphatic hydroxyl groups is 1. The number of nitrogens with one attached hydrogen (secondary N) is 1. The van der Waals surface area contributed by atoms with Crippen LogP contribution in [0.4, 0.5) is 4.79 Å². The number of hydrogen-bond donors (Lipinski definition) is 2. The van der Waals surface area contributed by atoms with Crippen molar-refractivity contribution in [2.75, 3.05) is 60.5 Å². The lowest BCUT2D eigenvalue weighted by Gasteiger charge is -2.47. The van der Waals surface area contributed by atoms with Gasteiger partial charge >= 0.3 is 19.9 Å². The smallest absolute Gasteiger partial charge is 0.454 e. The fourth-order valence-electron chi connectivity index (χ4n) is 12.1.